The standard InChI is InChI=1S/C21H24N6O2S/c1-27(2)21(28)11-4-5-13-17(7-11)30-20-18(13)19(24-10-25-20)26-15-6-12(9-22)14(23)8-16(15)29-3/h6,8-11,22H,4-5,7,23H2,1-3H3,(H,24,25,26). The molecule has 1 unspecified atom stereocenters. The Morgan fingerprint density at radius 3 is 2.90 bits per heavy atom. The lowest BCUT2D eigenvalue weighted by Crippen LogP contribution is -2.32. The number of hydrogen-bond acceptors (Lipinski definition) is 8. The fraction of sp³-hybridized carbons (Fsp3) is 0.333. The number of methoxy groups -OCH3 is 1. The minimum Gasteiger partial charge on any atom is -0.494 e. The van der Waals surface area contributed by atoms with E-state index >= 15 is 0 Å². The topological polar surface area (TPSA) is 117 Å². The molecule has 0 fully saturated rings. The fourth-order valence-corrected chi connectivity index (χ4v) is 5.18. The number of carbonyl (C=O) groups is 1. The van der Waals surface area contributed by atoms with Crippen LogP contribution in [0.25, 0.3) is 10.2 Å². The van der Waals surface area contributed by atoms with Crippen LogP contribution in [-0.2, 0) is 17.6 Å². The molecule has 4 rings (SSSR count). The van der Waals surface area contributed by atoms with Crippen molar-refractivity contribution in [2.75, 3.05) is 32.3 Å². The van der Waals surface area contributed by atoms with Gasteiger partial charge in [0.1, 0.15) is 22.7 Å². The Balaban J connectivity index is 1.74. The van der Waals surface area contributed by atoms with Crippen LogP contribution in [0.4, 0.5) is 17.2 Å². The van der Waals surface area contributed by atoms with Crippen LogP contribution >= 0.6 is 11.3 Å². The Bertz CT molecular complexity index is 1140. The number of ether oxygens (including phenoxy) is 1. The zero-order valence-electron chi connectivity index (χ0n) is 17.2. The van der Waals surface area contributed by atoms with Gasteiger partial charge in [-0.2, -0.15) is 0 Å². The Morgan fingerprint density at radius 1 is 1.40 bits per heavy atom. The van der Waals surface area contributed by atoms with Gasteiger partial charge in [-0.3, -0.25) is 4.79 Å². The van der Waals surface area contributed by atoms with E-state index in [1.165, 1.54) is 23.0 Å². The van der Waals surface area contributed by atoms with Crippen LogP contribution in [0.2, 0.25) is 0 Å². The van der Waals surface area contributed by atoms with Gasteiger partial charge < -0.3 is 26.1 Å². The molecular weight excluding hydrogens is 400 g/mol. The molecule has 2 heterocycles. The van der Waals surface area contributed by atoms with Gasteiger partial charge in [0.25, 0.3) is 0 Å². The maximum atomic E-state index is 12.4. The summed E-state index contributed by atoms with van der Waals surface area (Å²) in [5.74, 6) is 1.45. The number of rotatable bonds is 5. The summed E-state index contributed by atoms with van der Waals surface area (Å²) in [5, 5.41) is 11.9. The number of carbonyl (C=O) groups excluding carboxylic acids is 1. The first-order chi connectivity index (χ1) is 14.4. The van der Waals surface area contributed by atoms with Crippen molar-refractivity contribution >= 4 is 50.9 Å². The van der Waals surface area contributed by atoms with Gasteiger partial charge in [-0.05, 0) is 30.9 Å². The molecule has 0 saturated carbocycles. The molecule has 0 radical (unpaired) electrons. The predicted molar refractivity (Wildman–Crippen MR) is 120 cm³/mol. The Kier molecular flexibility index (Phi) is 5.29. The first-order valence-corrected chi connectivity index (χ1v) is 10.5. The molecule has 1 atom stereocenters. The normalized spacial score (nSPS) is 15.5. The number of benzene rings is 1. The number of nitrogens with two attached hydrogens (primary N) is 1. The van der Waals surface area contributed by atoms with Crippen LogP contribution in [-0.4, -0.2) is 48.2 Å². The molecule has 1 amide bonds. The Morgan fingerprint density at radius 2 is 2.20 bits per heavy atom. The number of amides is 1. The van der Waals surface area contributed by atoms with Gasteiger partial charge in [0.05, 0.1) is 18.2 Å². The second-order valence-electron chi connectivity index (χ2n) is 7.53. The quantitative estimate of drug-likeness (QED) is 0.428. The summed E-state index contributed by atoms with van der Waals surface area (Å²) in [6, 6.07) is 3.47. The highest BCUT2D eigenvalue weighted by atomic mass is 32.1. The number of anilines is 3. The number of fused-ring (bicyclic) bond motifs is 3. The largest absolute Gasteiger partial charge is 0.494 e. The Hall–Kier alpha value is -3.20. The smallest absolute Gasteiger partial charge is 0.225 e. The second kappa shape index (κ2) is 7.91. The summed E-state index contributed by atoms with van der Waals surface area (Å²) >= 11 is 1.63. The van der Waals surface area contributed by atoms with E-state index < -0.39 is 0 Å². The molecule has 1 aliphatic rings. The van der Waals surface area contributed by atoms with Gasteiger partial charge in [0.15, 0.2) is 0 Å². The van der Waals surface area contributed by atoms with Crippen LogP contribution in [0.1, 0.15) is 22.4 Å². The average molecular weight is 425 g/mol. The number of aromatic nitrogens is 2. The molecule has 4 N–H and O–H groups in total. The second-order valence-corrected chi connectivity index (χ2v) is 8.61. The summed E-state index contributed by atoms with van der Waals surface area (Å²) in [4.78, 5) is 25.2. The molecule has 9 heteroatoms. The summed E-state index contributed by atoms with van der Waals surface area (Å²) in [6.07, 6.45) is 5.11. The first-order valence-electron chi connectivity index (χ1n) is 9.64. The third-order valence-corrected chi connectivity index (χ3v) is 6.61. The first kappa shape index (κ1) is 20.1. The van der Waals surface area contributed by atoms with Crippen LogP contribution in [0.3, 0.4) is 0 Å². The van der Waals surface area contributed by atoms with E-state index in [0.717, 1.165) is 29.5 Å². The molecule has 0 spiro atoms. The van der Waals surface area contributed by atoms with Crippen molar-refractivity contribution in [3.63, 3.8) is 0 Å². The molecular formula is C21H24N6O2S. The summed E-state index contributed by atoms with van der Waals surface area (Å²) in [7, 11) is 5.19. The number of nitrogen functional groups attached to an aromatic ring is 1. The molecule has 1 aliphatic carbocycles. The zero-order chi connectivity index (χ0) is 21.4. The average Bonchev–Trinajstić information content (AvgIpc) is 3.12. The Labute approximate surface area is 178 Å². The SMILES string of the molecule is COc1cc(N)c(C=N)cc1Nc1ncnc2sc3c(c12)CCC(C(=O)N(C)C)C3. The van der Waals surface area contributed by atoms with Crippen molar-refractivity contribution in [2.45, 2.75) is 19.3 Å². The molecule has 8 nitrogen and oxygen atoms in total. The monoisotopic (exact) mass is 424 g/mol. The molecule has 0 bridgehead atoms. The van der Waals surface area contributed by atoms with E-state index in [-0.39, 0.29) is 11.8 Å². The molecule has 30 heavy (non-hydrogen) atoms. The number of aryl methyl sites for hydroxylation is 1. The molecule has 3 aromatic rings. The molecule has 0 saturated heterocycles. The number of nitrogens with one attached hydrogen (secondary N) is 2. The van der Waals surface area contributed by atoms with E-state index in [1.807, 2.05) is 0 Å². The van der Waals surface area contributed by atoms with Crippen molar-refractivity contribution in [3.8, 4) is 5.75 Å². The van der Waals surface area contributed by atoms with Crippen molar-refractivity contribution in [2.24, 2.45) is 5.92 Å². The lowest BCUT2D eigenvalue weighted by Gasteiger charge is -2.24. The summed E-state index contributed by atoms with van der Waals surface area (Å²) in [6.45, 7) is 0. The minimum absolute atomic E-state index is 0.0114. The number of hydrogen-bond donors (Lipinski definition) is 3. The van der Waals surface area contributed by atoms with E-state index in [9.17, 15) is 4.79 Å². The van der Waals surface area contributed by atoms with Gasteiger partial charge in [0, 0.05) is 48.4 Å². The van der Waals surface area contributed by atoms with Gasteiger partial charge >= 0.3 is 0 Å². The third-order valence-electron chi connectivity index (χ3n) is 5.45. The van der Waals surface area contributed by atoms with Crippen LogP contribution in [0, 0.1) is 11.3 Å². The fourth-order valence-electron chi connectivity index (χ4n) is 3.91. The van der Waals surface area contributed by atoms with Crippen LogP contribution < -0.4 is 15.8 Å². The van der Waals surface area contributed by atoms with Crippen LogP contribution in [0.15, 0.2) is 18.5 Å². The summed E-state index contributed by atoms with van der Waals surface area (Å²) < 4.78 is 5.47. The van der Waals surface area contributed by atoms with E-state index in [0.29, 0.717) is 28.5 Å². The number of nitrogens with zero attached hydrogens (tertiary/aromatic N) is 3. The van der Waals surface area contributed by atoms with E-state index in [1.54, 1.807) is 49.6 Å². The highest BCUT2D eigenvalue weighted by Crippen LogP contribution is 2.41. The van der Waals surface area contributed by atoms with Gasteiger partial charge in [-0.25, -0.2) is 9.97 Å². The zero-order valence-corrected chi connectivity index (χ0v) is 18.0. The highest BCUT2D eigenvalue weighted by molar-refractivity contribution is 7.19. The van der Waals surface area contributed by atoms with Gasteiger partial charge in [0.2, 0.25) is 5.91 Å². The minimum atomic E-state index is 0.0114. The molecule has 0 aliphatic heterocycles. The maximum Gasteiger partial charge on any atom is 0.225 e. The van der Waals surface area contributed by atoms with Crippen molar-refractivity contribution < 1.29 is 9.53 Å². The lowest BCUT2D eigenvalue weighted by atomic mass is 9.87. The van der Waals surface area contributed by atoms with Gasteiger partial charge in [-0.15, -0.1) is 11.3 Å². The van der Waals surface area contributed by atoms with E-state index in [4.69, 9.17) is 15.9 Å². The molecule has 156 valence electrons. The van der Waals surface area contributed by atoms with Gasteiger partial charge in [-0.1, -0.05) is 0 Å². The van der Waals surface area contributed by atoms with Crippen molar-refractivity contribution in [3.05, 3.63) is 34.5 Å². The third kappa shape index (κ3) is 3.45. The lowest BCUT2D eigenvalue weighted by molar-refractivity contribution is -0.133. The molecule has 1 aromatic carbocycles. The van der Waals surface area contributed by atoms with Crippen molar-refractivity contribution in [1.82, 2.24) is 14.9 Å². The number of thiophene rings is 1. The van der Waals surface area contributed by atoms with E-state index in [2.05, 4.69) is 15.3 Å². The van der Waals surface area contributed by atoms with Crippen LogP contribution in [0.5, 0.6) is 5.75 Å². The predicted octanol–water partition coefficient (Wildman–Crippen LogP) is 3.22. The highest BCUT2D eigenvalue weighted by Gasteiger charge is 2.30. The summed E-state index contributed by atoms with van der Waals surface area (Å²) in [5.41, 5.74) is 8.95. The van der Waals surface area contributed by atoms with Crippen molar-refractivity contribution in [1.29, 1.82) is 5.41 Å². The molecule has 2 aromatic heterocycles. The maximum absolute atomic E-state index is 12.4.